The van der Waals surface area contributed by atoms with Crippen molar-refractivity contribution < 1.29 is 0 Å². The first-order valence-electron chi connectivity index (χ1n) is 19.6. The quantitative estimate of drug-likeness (QED) is 0.113. The van der Waals surface area contributed by atoms with Crippen LogP contribution >= 0.6 is 46.4 Å². The SMILES string of the molecule is CC.O=c1c2cc(Cl)c3c4c(Cl)cc5c(=O)n6c7cc8cc9ccccc9cc8cc7nc6c6cc(Cl)c(c7c(Cl)cc(c2c37)c2nc3cc7ccccc7cc3n12)c4c56. The summed E-state index contributed by atoms with van der Waals surface area (Å²) in [6.45, 7) is 4.00. The van der Waals surface area contributed by atoms with Crippen LogP contribution in [0, 0.1) is 0 Å². The smallest absolute Gasteiger partial charge is 0.264 e. The molecule has 4 aromatic heterocycles. The summed E-state index contributed by atoms with van der Waals surface area (Å²) in [6.07, 6.45) is 0. The van der Waals surface area contributed by atoms with Crippen molar-refractivity contribution >= 4 is 177 Å². The number of nitrogens with zero attached hydrogens (tertiary/aromatic N) is 4. The lowest BCUT2D eigenvalue weighted by Crippen LogP contribution is -2.14. The minimum atomic E-state index is -0.253. The van der Waals surface area contributed by atoms with Crippen LogP contribution < -0.4 is 11.1 Å². The maximum atomic E-state index is 14.8. The van der Waals surface area contributed by atoms with E-state index in [0.717, 1.165) is 32.3 Å². The van der Waals surface area contributed by atoms with Crippen LogP contribution in [-0.4, -0.2) is 18.8 Å². The first kappa shape index (κ1) is 34.6. The van der Waals surface area contributed by atoms with E-state index >= 15 is 0 Å². The van der Waals surface area contributed by atoms with E-state index in [1.165, 1.54) is 0 Å². The molecule has 284 valence electrons. The Bertz CT molecular complexity index is 4400. The van der Waals surface area contributed by atoms with E-state index in [-0.39, 0.29) is 11.1 Å². The Kier molecular flexibility index (Phi) is 6.75. The molecular formula is C50H24Cl4N4O2. The number of aromatic nitrogens is 4. The highest BCUT2D eigenvalue weighted by molar-refractivity contribution is 6.56. The number of rotatable bonds is 0. The molecule has 0 bridgehead atoms. The minimum absolute atomic E-state index is 0.250. The van der Waals surface area contributed by atoms with E-state index in [1.54, 1.807) is 20.9 Å². The molecule has 10 heteroatoms. The monoisotopic (exact) mass is 852 g/mol. The van der Waals surface area contributed by atoms with Crippen molar-refractivity contribution in [1.29, 1.82) is 0 Å². The second kappa shape index (κ2) is 11.7. The van der Waals surface area contributed by atoms with Gasteiger partial charge in [0.1, 0.15) is 11.3 Å². The van der Waals surface area contributed by atoms with Crippen LogP contribution in [0.4, 0.5) is 0 Å². The van der Waals surface area contributed by atoms with Crippen LogP contribution in [0.3, 0.4) is 0 Å². The van der Waals surface area contributed by atoms with Crippen LogP contribution in [0.15, 0.2) is 119 Å². The molecule has 0 saturated carbocycles. The van der Waals surface area contributed by atoms with Crippen LogP contribution in [0.5, 0.6) is 0 Å². The Labute approximate surface area is 357 Å². The topological polar surface area (TPSA) is 68.7 Å². The molecule has 0 aliphatic heterocycles. The predicted molar refractivity (Wildman–Crippen MR) is 254 cm³/mol. The average Bonchev–Trinajstić information content (AvgIpc) is 3.82. The lowest BCUT2D eigenvalue weighted by molar-refractivity contribution is 1.19. The standard InChI is InChI=1S/C48H18Cl4N4O2.C2H6/c49-29-15-25-37-27(47(57)55-35-13-22-8-4-3-7-21(22)11-33(35)53-45(25)55)17-31(51)41-42-32(52)18-28-38-26(16-30(50)40(44(38)42)39(29)43(37)41)46-54-34-12-23-9-19-5-1-2-6-20(19)10-24(23)14-36(34)56(46)48(28)58;1-2/h1-18H;1-2H3. The molecule has 60 heavy (non-hydrogen) atoms. The van der Waals surface area contributed by atoms with Crippen LogP contribution in [-0.2, 0) is 0 Å². The molecule has 0 N–H and O–H groups in total. The second-order valence-electron chi connectivity index (χ2n) is 15.4. The largest absolute Gasteiger partial charge is 0.268 e. The average molecular weight is 855 g/mol. The molecule has 0 unspecified atom stereocenters. The first-order chi connectivity index (χ1) is 29.2. The van der Waals surface area contributed by atoms with Gasteiger partial charge >= 0.3 is 0 Å². The molecule has 14 aromatic rings. The Morgan fingerprint density at radius 2 is 0.717 bits per heavy atom. The number of hydrogen-bond acceptors (Lipinski definition) is 4. The van der Waals surface area contributed by atoms with Crippen molar-refractivity contribution in [3.63, 3.8) is 0 Å². The molecule has 0 aliphatic carbocycles. The van der Waals surface area contributed by atoms with Gasteiger partial charge in [-0.25, -0.2) is 9.97 Å². The Balaban J connectivity index is 0.00000183. The molecule has 0 aliphatic rings. The molecule has 0 radical (unpaired) electrons. The Hall–Kier alpha value is -6.28. The van der Waals surface area contributed by atoms with Crippen LogP contribution in [0.1, 0.15) is 13.8 Å². The molecule has 0 spiro atoms. The van der Waals surface area contributed by atoms with Gasteiger partial charge in [0.2, 0.25) is 0 Å². The summed E-state index contributed by atoms with van der Waals surface area (Å²) >= 11 is 29.5. The van der Waals surface area contributed by atoms with Gasteiger partial charge < -0.3 is 0 Å². The Morgan fingerprint density at radius 3 is 1.15 bits per heavy atom. The summed E-state index contributed by atoms with van der Waals surface area (Å²) in [7, 11) is 0. The van der Waals surface area contributed by atoms with Crippen LogP contribution in [0.25, 0.3) is 130 Å². The summed E-state index contributed by atoms with van der Waals surface area (Å²) in [5.41, 5.74) is 3.23. The highest BCUT2D eigenvalue weighted by Crippen LogP contribution is 2.53. The number of pyridine rings is 2. The van der Waals surface area contributed by atoms with E-state index in [2.05, 4.69) is 24.3 Å². The third kappa shape index (κ3) is 4.12. The number of benzene rings is 10. The minimum Gasteiger partial charge on any atom is -0.268 e. The number of fused-ring (bicyclic) bond motifs is 13. The van der Waals surface area contributed by atoms with Gasteiger partial charge in [0.25, 0.3) is 11.1 Å². The maximum Gasteiger partial charge on any atom is 0.264 e. The highest BCUT2D eigenvalue weighted by atomic mass is 35.5. The van der Waals surface area contributed by atoms with E-state index in [1.807, 2.05) is 86.6 Å². The van der Waals surface area contributed by atoms with Gasteiger partial charge in [-0.3, -0.25) is 18.4 Å². The molecule has 6 nitrogen and oxygen atoms in total. The molecular weight excluding hydrogens is 830 g/mol. The van der Waals surface area contributed by atoms with Gasteiger partial charge in [-0.15, -0.1) is 0 Å². The van der Waals surface area contributed by atoms with Gasteiger partial charge in [-0.1, -0.05) is 109 Å². The molecule has 4 heterocycles. The fourth-order valence-corrected chi connectivity index (χ4v) is 11.3. The van der Waals surface area contributed by atoms with Gasteiger partial charge in [-0.2, -0.15) is 0 Å². The Morgan fingerprint density at radius 1 is 0.383 bits per heavy atom. The molecule has 14 rings (SSSR count). The van der Waals surface area contributed by atoms with Crippen molar-refractivity contribution in [3.8, 4) is 0 Å². The highest BCUT2D eigenvalue weighted by Gasteiger charge is 2.29. The van der Waals surface area contributed by atoms with Crippen molar-refractivity contribution in [2.45, 2.75) is 13.8 Å². The first-order valence-corrected chi connectivity index (χ1v) is 21.1. The van der Waals surface area contributed by atoms with Gasteiger partial charge in [0.15, 0.2) is 0 Å². The molecule has 0 atom stereocenters. The molecule has 0 saturated heterocycles. The van der Waals surface area contributed by atoms with Gasteiger partial charge in [0.05, 0.1) is 32.8 Å². The summed E-state index contributed by atoms with van der Waals surface area (Å²) in [5, 5.41) is 15.0. The van der Waals surface area contributed by atoms with Crippen LogP contribution in [0.2, 0.25) is 20.1 Å². The third-order valence-corrected chi connectivity index (χ3v) is 13.7. The maximum absolute atomic E-state index is 14.8. The van der Waals surface area contributed by atoms with E-state index in [9.17, 15) is 9.59 Å². The lowest BCUT2D eigenvalue weighted by atomic mass is 9.86. The zero-order valence-corrected chi connectivity index (χ0v) is 34.5. The number of imidazole rings is 2. The summed E-state index contributed by atoms with van der Waals surface area (Å²) in [5.74, 6) is 0. The fraction of sp³-hybridized carbons (Fsp3) is 0.0400. The van der Waals surface area contributed by atoms with E-state index in [4.69, 9.17) is 56.4 Å². The zero-order chi connectivity index (χ0) is 40.6. The van der Waals surface area contributed by atoms with Crippen molar-refractivity contribution in [2.75, 3.05) is 0 Å². The zero-order valence-electron chi connectivity index (χ0n) is 31.5. The fourth-order valence-electron chi connectivity index (χ4n) is 10.1. The molecule has 0 fully saturated rings. The predicted octanol–water partition coefficient (Wildman–Crippen LogP) is 14.3. The lowest BCUT2D eigenvalue weighted by Gasteiger charge is -2.21. The van der Waals surface area contributed by atoms with Gasteiger partial charge in [-0.05, 0) is 93.0 Å². The third-order valence-electron chi connectivity index (χ3n) is 12.5. The van der Waals surface area contributed by atoms with Gasteiger partial charge in [0, 0.05) is 74.0 Å². The molecule has 0 amide bonds. The summed E-state index contributed by atoms with van der Waals surface area (Å²) < 4.78 is 3.32. The number of halogens is 4. The number of hydrogen-bond donors (Lipinski definition) is 0. The van der Waals surface area contributed by atoms with E-state index in [0.29, 0.717) is 118 Å². The summed E-state index contributed by atoms with van der Waals surface area (Å²) in [6, 6.07) is 35.7. The van der Waals surface area contributed by atoms with Crippen molar-refractivity contribution in [2.24, 2.45) is 0 Å². The van der Waals surface area contributed by atoms with Crippen molar-refractivity contribution in [1.82, 2.24) is 18.8 Å². The molecule has 10 aromatic carbocycles. The second-order valence-corrected chi connectivity index (χ2v) is 17.0. The van der Waals surface area contributed by atoms with Crippen molar-refractivity contribution in [3.05, 3.63) is 150 Å². The summed E-state index contributed by atoms with van der Waals surface area (Å²) in [4.78, 5) is 39.6. The van der Waals surface area contributed by atoms with E-state index < -0.39 is 0 Å². The normalized spacial score (nSPS) is 12.6.